The van der Waals surface area contributed by atoms with Gasteiger partial charge >= 0.3 is 5.97 Å². The maximum Gasteiger partial charge on any atom is 0.337 e. The Balaban J connectivity index is 1.82. The second kappa shape index (κ2) is 7.36. The summed E-state index contributed by atoms with van der Waals surface area (Å²) in [4.78, 5) is 22.2. The van der Waals surface area contributed by atoms with Gasteiger partial charge in [0.05, 0.1) is 18.1 Å². The van der Waals surface area contributed by atoms with Crippen LogP contribution in [0.5, 0.6) is 11.6 Å². The molecule has 2 aromatic carbocycles. The quantitative estimate of drug-likeness (QED) is 0.435. The molecule has 0 aliphatic rings. The van der Waals surface area contributed by atoms with Crippen LogP contribution in [0.25, 0.3) is 21.3 Å². The smallest absolute Gasteiger partial charge is 0.337 e. The Morgan fingerprint density at radius 3 is 2.64 bits per heavy atom. The number of halogens is 1. The van der Waals surface area contributed by atoms with Crippen molar-refractivity contribution in [3.8, 4) is 22.8 Å². The van der Waals surface area contributed by atoms with E-state index >= 15 is 0 Å². The zero-order valence-corrected chi connectivity index (χ0v) is 15.9. The lowest BCUT2D eigenvalue weighted by atomic mass is 10.0. The van der Waals surface area contributed by atoms with Crippen LogP contribution in [0.1, 0.15) is 15.2 Å². The maximum atomic E-state index is 13.4. The van der Waals surface area contributed by atoms with Crippen molar-refractivity contribution in [2.24, 2.45) is 0 Å². The van der Waals surface area contributed by atoms with Crippen molar-refractivity contribution in [2.45, 2.75) is 6.92 Å². The molecule has 0 N–H and O–H groups in total. The first kappa shape index (κ1) is 18.1. The molecule has 5 nitrogen and oxygen atoms in total. The van der Waals surface area contributed by atoms with E-state index in [1.807, 2.05) is 6.92 Å². The van der Waals surface area contributed by atoms with E-state index in [1.165, 1.54) is 36.9 Å². The van der Waals surface area contributed by atoms with E-state index in [4.69, 9.17) is 9.47 Å². The highest BCUT2D eigenvalue weighted by Gasteiger charge is 2.18. The molecule has 4 rings (SSSR count). The molecular formula is C21H15FN2O3S. The van der Waals surface area contributed by atoms with Gasteiger partial charge in [-0.2, -0.15) is 0 Å². The van der Waals surface area contributed by atoms with Gasteiger partial charge in [-0.3, -0.25) is 0 Å². The first-order chi connectivity index (χ1) is 13.6. The standard InChI is InChI=1S/C21H15FN2O3S/c1-12-17(13-6-8-15(22)9-7-13)18-19(23-11-24-20(18)28-12)27-16-5-3-4-14(10-16)21(25)26-2/h3-11H,1-2H3. The van der Waals surface area contributed by atoms with Crippen LogP contribution in [0.15, 0.2) is 54.9 Å². The van der Waals surface area contributed by atoms with Gasteiger partial charge in [0.1, 0.15) is 22.7 Å². The van der Waals surface area contributed by atoms with Crippen molar-refractivity contribution in [1.82, 2.24) is 9.97 Å². The molecule has 0 aliphatic carbocycles. The van der Waals surface area contributed by atoms with Gasteiger partial charge in [-0.1, -0.05) is 18.2 Å². The minimum atomic E-state index is -0.448. The summed E-state index contributed by atoms with van der Waals surface area (Å²) in [7, 11) is 1.33. The van der Waals surface area contributed by atoms with Crippen LogP contribution in [0.4, 0.5) is 4.39 Å². The van der Waals surface area contributed by atoms with Crippen LogP contribution in [0.3, 0.4) is 0 Å². The number of benzene rings is 2. The topological polar surface area (TPSA) is 61.3 Å². The molecule has 0 fully saturated rings. The van der Waals surface area contributed by atoms with Crippen LogP contribution in [-0.4, -0.2) is 23.0 Å². The number of fused-ring (bicyclic) bond motifs is 1. The summed E-state index contributed by atoms with van der Waals surface area (Å²) in [5.74, 6) is 0.0810. The molecule has 0 amide bonds. The minimum Gasteiger partial charge on any atom is -0.465 e. The summed E-state index contributed by atoms with van der Waals surface area (Å²) in [6, 6.07) is 13.0. The number of nitrogens with zero attached hydrogens (tertiary/aromatic N) is 2. The minimum absolute atomic E-state index is 0.298. The fourth-order valence-electron chi connectivity index (χ4n) is 2.98. The normalized spacial score (nSPS) is 10.8. The number of esters is 1. The molecule has 7 heteroatoms. The van der Waals surface area contributed by atoms with Crippen LogP contribution in [0.2, 0.25) is 0 Å². The fraction of sp³-hybridized carbons (Fsp3) is 0.0952. The van der Waals surface area contributed by atoms with E-state index in [1.54, 1.807) is 36.4 Å². The molecule has 28 heavy (non-hydrogen) atoms. The Bertz CT molecular complexity index is 1170. The largest absolute Gasteiger partial charge is 0.465 e. The number of aromatic nitrogens is 2. The molecule has 0 atom stereocenters. The number of ether oxygens (including phenoxy) is 2. The second-order valence-corrected chi connectivity index (χ2v) is 7.22. The van der Waals surface area contributed by atoms with E-state index in [-0.39, 0.29) is 5.82 Å². The summed E-state index contributed by atoms with van der Waals surface area (Å²) in [6.07, 6.45) is 1.44. The molecule has 0 aliphatic heterocycles. The van der Waals surface area contributed by atoms with Crippen molar-refractivity contribution in [2.75, 3.05) is 7.11 Å². The van der Waals surface area contributed by atoms with Crippen LogP contribution in [0, 0.1) is 12.7 Å². The highest BCUT2D eigenvalue weighted by atomic mass is 32.1. The third-order valence-corrected chi connectivity index (χ3v) is 5.25. The molecule has 4 aromatic rings. The van der Waals surface area contributed by atoms with Crippen molar-refractivity contribution in [1.29, 1.82) is 0 Å². The summed E-state index contributed by atoms with van der Waals surface area (Å²) in [5, 5.41) is 0.750. The third-order valence-electron chi connectivity index (χ3n) is 4.23. The first-order valence-electron chi connectivity index (χ1n) is 8.43. The highest BCUT2D eigenvalue weighted by molar-refractivity contribution is 7.19. The number of hydrogen-bond donors (Lipinski definition) is 0. The van der Waals surface area contributed by atoms with Gasteiger partial charge < -0.3 is 9.47 Å². The Kier molecular flexibility index (Phi) is 4.75. The van der Waals surface area contributed by atoms with Crippen molar-refractivity contribution in [3.05, 3.63) is 71.1 Å². The number of hydrogen-bond acceptors (Lipinski definition) is 6. The van der Waals surface area contributed by atoms with Gasteiger partial charge in [0, 0.05) is 10.4 Å². The summed E-state index contributed by atoms with van der Waals surface area (Å²) >= 11 is 1.52. The SMILES string of the molecule is COC(=O)c1cccc(Oc2ncnc3sc(C)c(-c4ccc(F)cc4)c23)c1. The molecule has 0 bridgehead atoms. The lowest BCUT2D eigenvalue weighted by Crippen LogP contribution is -2.01. The molecule has 0 saturated carbocycles. The number of carbonyl (C=O) groups excluding carboxylic acids is 1. The van der Waals surface area contributed by atoms with E-state index in [0.717, 1.165) is 26.2 Å². The van der Waals surface area contributed by atoms with Crippen LogP contribution < -0.4 is 4.74 Å². The van der Waals surface area contributed by atoms with Crippen molar-refractivity contribution >= 4 is 27.5 Å². The third kappa shape index (κ3) is 3.32. The van der Waals surface area contributed by atoms with E-state index in [9.17, 15) is 9.18 Å². The molecule has 0 spiro atoms. The van der Waals surface area contributed by atoms with Gasteiger partial charge in [0.15, 0.2) is 0 Å². The molecule has 2 heterocycles. The molecule has 2 aromatic heterocycles. The zero-order chi connectivity index (χ0) is 19.7. The van der Waals surface area contributed by atoms with Gasteiger partial charge in [-0.05, 0) is 42.8 Å². The van der Waals surface area contributed by atoms with Crippen LogP contribution >= 0.6 is 11.3 Å². The summed E-state index contributed by atoms with van der Waals surface area (Å²) < 4.78 is 24.1. The number of methoxy groups -OCH3 is 1. The molecule has 140 valence electrons. The molecular weight excluding hydrogens is 379 g/mol. The fourth-order valence-corrected chi connectivity index (χ4v) is 3.98. The van der Waals surface area contributed by atoms with Crippen molar-refractivity contribution < 1.29 is 18.7 Å². The number of aryl methyl sites for hydroxylation is 1. The molecule has 0 unspecified atom stereocenters. The summed E-state index contributed by atoms with van der Waals surface area (Å²) in [6.45, 7) is 1.98. The van der Waals surface area contributed by atoms with Crippen molar-refractivity contribution in [3.63, 3.8) is 0 Å². The average Bonchev–Trinajstić information content (AvgIpc) is 3.05. The predicted molar refractivity (Wildman–Crippen MR) is 105 cm³/mol. The second-order valence-electron chi connectivity index (χ2n) is 6.02. The first-order valence-corrected chi connectivity index (χ1v) is 9.24. The Labute approximate surface area is 164 Å². The number of carbonyl (C=O) groups is 1. The van der Waals surface area contributed by atoms with E-state index in [0.29, 0.717) is 17.2 Å². The number of rotatable bonds is 4. The monoisotopic (exact) mass is 394 g/mol. The zero-order valence-electron chi connectivity index (χ0n) is 15.1. The molecule has 0 radical (unpaired) electrons. The predicted octanol–water partition coefficient (Wildman–Crippen LogP) is 5.38. The molecule has 0 saturated heterocycles. The Hall–Kier alpha value is -3.32. The van der Waals surface area contributed by atoms with Gasteiger partial charge in [0.2, 0.25) is 5.88 Å². The van der Waals surface area contributed by atoms with E-state index in [2.05, 4.69) is 9.97 Å². The summed E-state index contributed by atoms with van der Waals surface area (Å²) in [5.41, 5.74) is 2.14. The lowest BCUT2D eigenvalue weighted by molar-refractivity contribution is 0.0600. The highest BCUT2D eigenvalue weighted by Crippen LogP contribution is 2.42. The maximum absolute atomic E-state index is 13.4. The lowest BCUT2D eigenvalue weighted by Gasteiger charge is -2.09. The average molecular weight is 394 g/mol. The Morgan fingerprint density at radius 1 is 1.11 bits per heavy atom. The van der Waals surface area contributed by atoms with Gasteiger partial charge in [0.25, 0.3) is 0 Å². The van der Waals surface area contributed by atoms with Gasteiger partial charge in [-0.25, -0.2) is 19.2 Å². The number of thiophene rings is 1. The van der Waals surface area contributed by atoms with Crippen LogP contribution in [-0.2, 0) is 4.74 Å². The van der Waals surface area contributed by atoms with Gasteiger partial charge in [-0.15, -0.1) is 11.3 Å². The Morgan fingerprint density at radius 2 is 1.89 bits per heavy atom. The van der Waals surface area contributed by atoms with E-state index < -0.39 is 5.97 Å².